The predicted molar refractivity (Wildman–Crippen MR) is 95.8 cm³/mol. The molecule has 0 spiro atoms. The molecule has 0 unspecified atom stereocenters. The molecule has 0 aromatic heterocycles. The first-order chi connectivity index (χ1) is 11.4. The number of hydrogen-bond acceptors (Lipinski definition) is 2. The van der Waals surface area contributed by atoms with Gasteiger partial charge in [0.1, 0.15) is 5.75 Å². The van der Waals surface area contributed by atoms with Gasteiger partial charge >= 0.3 is 0 Å². The minimum atomic E-state index is 0.800. The first kappa shape index (κ1) is 17.6. The van der Waals surface area contributed by atoms with Crippen molar-refractivity contribution in [3.8, 4) is 16.9 Å². The first-order valence-corrected chi connectivity index (χ1v) is 8.59. The Kier molecular flexibility index (Phi) is 8.28. The third-order valence-electron chi connectivity index (χ3n) is 3.89. The van der Waals surface area contributed by atoms with Gasteiger partial charge in [-0.1, -0.05) is 62.1 Å². The molecule has 0 aliphatic carbocycles. The van der Waals surface area contributed by atoms with E-state index in [0.29, 0.717) is 0 Å². The lowest BCUT2D eigenvalue weighted by atomic mass is 10.1. The Balaban J connectivity index is 1.60. The molecule has 2 rings (SSSR count). The summed E-state index contributed by atoms with van der Waals surface area (Å²) in [6.07, 6.45) is 7.40. The summed E-state index contributed by atoms with van der Waals surface area (Å²) in [6, 6.07) is 19.5. The van der Waals surface area contributed by atoms with E-state index < -0.39 is 0 Å². The monoisotopic (exact) mass is 311 g/mol. The summed E-state index contributed by atoms with van der Waals surface area (Å²) in [5.74, 6) is 0.949. The van der Waals surface area contributed by atoms with Crippen molar-refractivity contribution in [2.75, 3.05) is 20.3 Å². The van der Waals surface area contributed by atoms with Crippen molar-refractivity contribution in [1.82, 2.24) is 0 Å². The highest BCUT2D eigenvalue weighted by Gasteiger charge is 1.98. The topological polar surface area (TPSA) is 18.5 Å². The molecule has 0 aliphatic rings. The molecule has 2 heteroatoms. The smallest absolute Gasteiger partial charge is 0.119 e. The summed E-state index contributed by atoms with van der Waals surface area (Å²) < 4.78 is 10.9. The second-order valence-corrected chi connectivity index (χ2v) is 5.76. The highest BCUT2D eigenvalue weighted by atomic mass is 16.5. The van der Waals surface area contributed by atoms with Gasteiger partial charge in [0.25, 0.3) is 0 Å². The van der Waals surface area contributed by atoms with Gasteiger partial charge in [-0.15, -0.1) is 0 Å². The van der Waals surface area contributed by atoms with E-state index in [9.17, 15) is 0 Å². The van der Waals surface area contributed by atoms with Crippen LogP contribution >= 0.6 is 0 Å². The molecule has 2 aromatic rings. The number of ether oxygens (including phenoxy) is 2. The summed E-state index contributed by atoms with van der Waals surface area (Å²) in [4.78, 5) is 0. The molecule has 2 aromatic carbocycles. The van der Waals surface area contributed by atoms with Gasteiger partial charge in [0.2, 0.25) is 0 Å². The summed E-state index contributed by atoms with van der Waals surface area (Å²) in [6.45, 7) is 1.69. The van der Waals surface area contributed by atoms with Crippen LogP contribution in [0.1, 0.15) is 38.5 Å². The van der Waals surface area contributed by atoms with Crippen LogP contribution in [-0.4, -0.2) is 20.3 Å². The summed E-state index contributed by atoms with van der Waals surface area (Å²) in [5.41, 5.74) is 2.29. The van der Waals surface area contributed by atoms with Crippen LogP contribution in [0.2, 0.25) is 0 Å². The minimum Gasteiger partial charge on any atom is -0.494 e. The van der Waals surface area contributed by atoms with E-state index in [2.05, 4.69) is 24.3 Å². The molecule has 2 nitrogen and oxygen atoms in total. The molecule has 0 saturated carbocycles. The number of methoxy groups -OCH3 is 1. The maximum atomic E-state index is 5.81. The maximum Gasteiger partial charge on any atom is 0.119 e. The summed E-state index contributed by atoms with van der Waals surface area (Å²) in [5, 5.41) is 0. The molecular formula is C21H27O2. The van der Waals surface area contributed by atoms with E-state index >= 15 is 0 Å². The number of hydrogen-bond donors (Lipinski definition) is 0. The van der Waals surface area contributed by atoms with Crippen LogP contribution in [0.5, 0.6) is 5.75 Å². The van der Waals surface area contributed by atoms with Crippen molar-refractivity contribution in [2.45, 2.75) is 38.5 Å². The van der Waals surface area contributed by atoms with Crippen molar-refractivity contribution >= 4 is 0 Å². The quantitative estimate of drug-likeness (QED) is 0.509. The molecule has 0 saturated heterocycles. The van der Waals surface area contributed by atoms with Crippen LogP contribution in [0.25, 0.3) is 11.1 Å². The first-order valence-electron chi connectivity index (χ1n) is 8.59. The fourth-order valence-electron chi connectivity index (χ4n) is 2.55. The van der Waals surface area contributed by atoms with Crippen molar-refractivity contribution < 1.29 is 9.47 Å². The van der Waals surface area contributed by atoms with Gasteiger partial charge in [0, 0.05) is 13.7 Å². The molecule has 0 amide bonds. The van der Waals surface area contributed by atoms with Gasteiger partial charge in [-0.3, -0.25) is 0 Å². The molecule has 23 heavy (non-hydrogen) atoms. The van der Waals surface area contributed by atoms with Gasteiger partial charge in [0.05, 0.1) is 6.61 Å². The number of benzene rings is 2. The third-order valence-corrected chi connectivity index (χ3v) is 3.89. The van der Waals surface area contributed by atoms with E-state index in [-0.39, 0.29) is 0 Å². The van der Waals surface area contributed by atoms with Crippen LogP contribution in [0.3, 0.4) is 0 Å². The molecule has 0 fully saturated rings. The van der Waals surface area contributed by atoms with Crippen LogP contribution in [0.15, 0.2) is 48.5 Å². The van der Waals surface area contributed by atoms with E-state index in [4.69, 9.17) is 9.47 Å². The second kappa shape index (κ2) is 10.8. The normalized spacial score (nSPS) is 10.7. The van der Waals surface area contributed by atoms with Crippen molar-refractivity contribution in [2.24, 2.45) is 0 Å². The lowest BCUT2D eigenvalue weighted by Gasteiger charge is -2.07. The largest absolute Gasteiger partial charge is 0.494 e. The van der Waals surface area contributed by atoms with E-state index in [1.165, 1.54) is 37.7 Å². The lowest BCUT2D eigenvalue weighted by molar-refractivity contribution is 0.191. The molecule has 0 N–H and O–H groups in total. The van der Waals surface area contributed by atoms with Crippen LogP contribution in [0.4, 0.5) is 0 Å². The Bertz CT molecular complexity index is 519. The lowest BCUT2D eigenvalue weighted by Crippen LogP contribution is -1.97. The fourth-order valence-corrected chi connectivity index (χ4v) is 2.55. The summed E-state index contributed by atoms with van der Waals surface area (Å²) in [7, 11) is 1.77. The Morgan fingerprint density at radius 1 is 0.783 bits per heavy atom. The average molecular weight is 311 g/mol. The number of rotatable bonds is 11. The Morgan fingerprint density at radius 3 is 2.13 bits per heavy atom. The molecular weight excluding hydrogens is 284 g/mol. The Morgan fingerprint density at radius 2 is 1.48 bits per heavy atom. The third kappa shape index (κ3) is 6.87. The molecule has 123 valence electrons. The van der Waals surface area contributed by atoms with Crippen molar-refractivity contribution in [3.63, 3.8) is 0 Å². The highest BCUT2D eigenvalue weighted by Crippen LogP contribution is 2.21. The molecule has 1 radical (unpaired) electrons. The zero-order valence-electron chi connectivity index (χ0n) is 14.1. The van der Waals surface area contributed by atoms with Crippen LogP contribution in [-0.2, 0) is 4.74 Å². The maximum absolute atomic E-state index is 5.81. The second-order valence-electron chi connectivity index (χ2n) is 5.76. The van der Waals surface area contributed by atoms with Gasteiger partial charge in [-0.05, 0) is 42.2 Å². The fraction of sp³-hybridized carbons (Fsp3) is 0.429. The van der Waals surface area contributed by atoms with E-state index in [0.717, 1.165) is 30.9 Å². The van der Waals surface area contributed by atoms with Gasteiger partial charge < -0.3 is 9.47 Å². The average Bonchev–Trinajstić information content (AvgIpc) is 2.62. The van der Waals surface area contributed by atoms with Gasteiger partial charge in [-0.25, -0.2) is 0 Å². The predicted octanol–water partition coefficient (Wildman–Crippen LogP) is 5.52. The zero-order valence-corrected chi connectivity index (χ0v) is 14.1. The molecule has 0 aliphatic heterocycles. The zero-order chi connectivity index (χ0) is 16.2. The molecule has 0 atom stereocenters. The SMILES string of the molecule is COCCCCCCCCOc1ccc(-c2[c]cccc2)cc1. The van der Waals surface area contributed by atoms with E-state index in [1.54, 1.807) is 7.11 Å². The number of unbranched alkanes of at least 4 members (excludes halogenated alkanes) is 5. The van der Waals surface area contributed by atoms with Crippen molar-refractivity contribution in [1.29, 1.82) is 0 Å². The standard InChI is InChI=1S/C21H27O2/c1-22-17-9-4-2-3-5-10-18-23-21-15-13-20(14-16-21)19-11-7-6-8-12-19/h6-8,11,13-16H,2-5,9-10,17-18H2,1H3. The summed E-state index contributed by atoms with van der Waals surface area (Å²) >= 11 is 0. The van der Waals surface area contributed by atoms with E-state index in [1.807, 2.05) is 30.3 Å². The van der Waals surface area contributed by atoms with Crippen LogP contribution in [0, 0.1) is 6.07 Å². The molecule has 0 heterocycles. The Labute approximate surface area is 140 Å². The van der Waals surface area contributed by atoms with Gasteiger partial charge in [-0.2, -0.15) is 0 Å². The van der Waals surface area contributed by atoms with Crippen molar-refractivity contribution in [3.05, 3.63) is 54.6 Å². The van der Waals surface area contributed by atoms with Gasteiger partial charge in [0.15, 0.2) is 0 Å². The minimum absolute atomic E-state index is 0.800. The molecule has 0 bridgehead atoms. The Hall–Kier alpha value is -1.80. The highest BCUT2D eigenvalue weighted by molar-refractivity contribution is 5.63. The van der Waals surface area contributed by atoms with Crippen LogP contribution < -0.4 is 4.74 Å².